The van der Waals surface area contributed by atoms with Gasteiger partial charge in [-0.05, 0) is 6.42 Å². The molecule has 0 radical (unpaired) electrons. The first-order valence-corrected chi connectivity index (χ1v) is 4.10. The molecule has 0 atom stereocenters. The summed E-state index contributed by atoms with van der Waals surface area (Å²) in [6.07, 6.45) is 2.42. The highest BCUT2D eigenvalue weighted by Gasteiger charge is 2.04. The maximum atomic E-state index is 5.70. The van der Waals surface area contributed by atoms with Gasteiger partial charge in [-0.15, -0.1) is 0 Å². The molecule has 1 aromatic rings. The van der Waals surface area contributed by atoms with E-state index in [-0.39, 0.29) is 0 Å². The van der Waals surface area contributed by atoms with E-state index in [9.17, 15) is 0 Å². The molecule has 0 aromatic carbocycles. The molecule has 0 fully saturated rings. The maximum Gasteiger partial charge on any atom is 0.168 e. The number of nitrogens with one attached hydrogen (secondary N) is 2. The van der Waals surface area contributed by atoms with Crippen LogP contribution in [-0.2, 0) is 0 Å². The van der Waals surface area contributed by atoms with Gasteiger partial charge in [0.2, 0.25) is 0 Å². The molecule has 1 rings (SSSR count). The van der Waals surface area contributed by atoms with Crippen molar-refractivity contribution in [1.29, 1.82) is 0 Å². The fourth-order valence-corrected chi connectivity index (χ4v) is 0.895. The molecule has 0 amide bonds. The molecule has 0 saturated carbocycles. The average molecular weight is 182 g/mol. The van der Waals surface area contributed by atoms with Gasteiger partial charge >= 0.3 is 0 Å². The molecule has 0 bridgehead atoms. The first-order valence-electron chi connectivity index (χ1n) is 4.10. The van der Waals surface area contributed by atoms with Crippen LogP contribution in [0.5, 0.6) is 0 Å². The third kappa shape index (κ3) is 2.19. The van der Waals surface area contributed by atoms with Crippen LogP contribution in [0.15, 0.2) is 6.33 Å². The Morgan fingerprint density at radius 2 is 2.08 bits per heavy atom. The highest BCUT2D eigenvalue weighted by Crippen LogP contribution is 2.20. The Bertz CT molecular complexity index is 274. The summed E-state index contributed by atoms with van der Waals surface area (Å²) in [5.41, 5.74) is 8.54. The van der Waals surface area contributed by atoms with Gasteiger partial charge < -0.3 is 16.5 Å². The molecule has 6 heteroatoms. The van der Waals surface area contributed by atoms with E-state index < -0.39 is 0 Å². The number of hydrogen-bond acceptors (Lipinski definition) is 6. The number of rotatable bonds is 4. The van der Waals surface area contributed by atoms with Crippen molar-refractivity contribution in [1.82, 2.24) is 9.97 Å². The van der Waals surface area contributed by atoms with Crippen LogP contribution in [0.1, 0.15) is 13.3 Å². The van der Waals surface area contributed by atoms with Crippen molar-refractivity contribution in [2.24, 2.45) is 5.84 Å². The molecular weight excluding hydrogens is 168 g/mol. The third-order valence-corrected chi connectivity index (χ3v) is 1.56. The summed E-state index contributed by atoms with van der Waals surface area (Å²) in [5.74, 6) is 6.25. The van der Waals surface area contributed by atoms with E-state index in [2.05, 4.69) is 27.6 Å². The molecule has 0 unspecified atom stereocenters. The Morgan fingerprint density at radius 1 is 1.38 bits per heavy atom. The highest BCUT2D eigenvalue weighted by atomic mass is 15.3. The lowest BCUT2D eigenvalue weighted by Gasteiger charge is -2.09. The number of hydrogen-bond donors (Lipinski definition) is 4. The molecule has 0 aliphatic carbocycles. The maximum absolute atomic E-state index is 5.70. The molecule has 6 N–H and O–H groups in total. The zero-order valence-electron chi connectivity index (χ0n) is 7.54. The lowest BCUT2D eigenvalue weighted by molar-refractivity contribution is 0.965. The molecule has 0 saturated heterocycles. The summed E-state index contributed by atoms with van der Waals surface area (Å²) in [7, 11) is 0. The van der Waals surface area contributed by atoms with Gasteiger partial charge in [-0.1, -0.05) is 6.92 Å². The summed E-state index contributed by atoms with van der Waals surface area (Å²) in [4.78, 5) is 7.83. The molecule has 0 aliphatic rings. The zero-order valence-corrected chi connectivity index (χ0v) is 7.54. The van der Waals surface area contributed by atoms with Gasteiger partial charge in [-0.25, -0.2) is 15.8 Å². The fraction of sp³-hybridized carbons (Fsp3) is 0.429. The van der Waals surface area contributed by atoms with Crippen LogP contribution >= 0.6 is 0 Å². The number of aromatic nitrogens is 2. The predicted octanol–water partition coefficient (Wildman–Crippen LogP) is 0.166. The third-order valence-electron chi connectivity index (χ3n) is 1.56. The van der Waals surface area contributed by atoms with Crippen molar-refractivity contribution in [2.45, 2.75) is 13.3 Å². The Labute approximate surface area is 76.7 Å². The quantitative estimate of drug-likeness (QED) is 0.391. The van der Waals surface area contributed by atoms with Crippen LogP contribution in [0.4, 0.5) is 17.3 Å². The molecule has 6 nitrogen and oxygen atoms in total. The van der Waals surface area contributed by atoms with E-state index in [0.29, 0.717) is 17.3 Å². The summed E-state index contributed by atoms with van der Waals surface area (Å²) in [5, 5.41) is 3.07. The smallest absolute Gasteiger partial charge is 0.168 e. The van der Waals surface area contributed by atoms with E-state index in [1.807, 2.05) is 0 Å². The Balaban J connectivity index is 2.81. The van der Waals surface area contributed by atoms with Gasteiger partial charge in [0.05, 0.1) is 0 Å². The van der Waals surface area contributed by atoms with E-state index in [4.69, 9.17) is 11.6 Å². The SMILES string of the molecule is CCCNc1ncnc(NN)c1N. The normalized spacial score (nSPS) is 9.69. The van der Waals surface area contributed by atoms with Gasteiger partial charge in [0.15, 0.2) is 11.6 Å². The lowest BCUT2D eigenvalue weighted by Crippen LogP contribution is -2.13. The van der Waals surface area contributed by atoms with Gasteiger partial charge in [0, 0.05) is 6.54 Å². The molecule has 0 spiro atoms. The van der Waals surface area contributed by atoms with Gasteiger partial charge in [0.1, 0.15) is 12.0 Å². The van der Waals surface area contributed by atoms with Crippen molar-refractivity contribution in [3.63, 3.8) is 0 Å². The van der Waals surface area contributed by atoms with E-state index in [1.165, 1.54) is 6.33 Å². The Morgan fingerprint density at radius 3 is 2.69 bits per heavy atom. The number of anilines is 3. The lowest BCUT2D eigenvalue weighted by atomic mass is 10.4. The summed E-state index contributed by atoms with van der Waals surface area (Å²) >= 11 is 0. The first kappa shape index (κ1) is 9.53. The van der Waals surface area contributed by atoms with Crippen LogP contribution in [0.3, 0.4) is 0 Å². The second kappa shape index (κ2) is 4.46. The van der Waals surface area contributed by atoms with E-state index >= 15 is 0 Å². The first-order chi connectivity index (χ1) is 6.29. The predicted molar refractivity (Wildman–Crippen MR) is 53.0 cm³/mol. The van der Waals surface area contributed by atoms with Crippen molar-refractivity contribution in [3.8, 4) is 0 Å². The van der Waals surface area contributed by atoms with Crippen LogP contribution in [-0.4, -0.2) is 16.5 Å². The van der Waals surface area contributed by atoms with Crippen molar-refractivity contribution in [3.05, 3.63) is 6.33 Å². The molecule has 13 heavy (non-hydrogen) atoms. The fourth-order valence-electron chi connectivity index (χ4n) is 0.895. The largest absolute Gasteiger partial charge is 0.393 e. The van der Waals surface area contributed by atoms with Gasteiger partial charge in [-0.3, -0.25) is 0 Å². The second-order valence-corrected chi connectivity index (χ2v) is 2.56. The average Bonchev–Trinajstić information content (AvgIpc) is 2.16. The number of nitrogens with zero attached hydrogens (tertiary/aromatic N) is 2. The molecule has 1 aromatic heterocycles. The zero-order chi connectivity index (χ0) is 9.68. The second-order valence-electron chi connectivity index (χ2n) is 2.56. The number of nitrogen functional groups attached to an aromatic ring is 2. The molecular formula is C7H14N6. The van der Waals surface area contributed by atoms with E-state index in [0.717, 1.165) is 13.0 Å². The monoisotopic (exact) mass is 182 g/mol. The molecule has 72 valence electrons. The van der Waals surface area contributed by atoms with Crippen LogP contribution in [0.2, 0.25) is 0 Å². The minimum absolute atomic E-state index is 0.439. The standard InChI is InChI=1S/C7H14N6/c1-2-3-10-6-5(8)7(13-9)12-4-11-6/h4H,2-3,8-9H2,1H3,(H2,10,11,12,13). The molecule has 0 aliphatic heterocycles. The van der Waals surface area contributed by atoms with Crippen molar-refractivity contribution in [2.75, 3.05) is 23.0 Å². The number of hydrazine groups is 1. The van der Waals surface area contributed by atoms with Crippen LogP contribution in [0, 0.1) is 0 Å². The van der Waals surface area contributed by atoms with Crippen molar-refractivity contribution >= 4 is 17.3 Å². The van der Waals surface area contributed by atoms with E-state index in [1.54, 1.807) is 0 Å². The number of nitrogens with two attached hydrogens (primary N) is 2. The minimum Gasteiger partial charge on any atom is -0.393 e. The van der Waals surface area contributed by atoms with Gasteiger partial charge in [-0.2, -0.15) is 0 Å². The highest BCUT2D eigenvalue weighted by molar-refractivity contribution is 5.73. The molecule has 1 heterocycles. The summed E-state index contributed by atoms with van der Waals surface area (Å²) in [6.45, 7) is 2.89. The van der Waals surface area contributed by atoms with Gasteiger partial charge in [0.25, 0.3) is 0 Å². The van der Waals surface area contributed by atoms with Crippen molar-refractivity contribution < 1.29 is 0 Å². The van der Waals surface area contributed by atoms with Crippen LogP contribution in [0.25, 0.3) is 0 Å². The topological polar surface area (TPSA) is 102 Å². The Kier molecular flexibility index (Phi) is 3.27. The minimum atomic E-state index is 0.439. The summed E-state index contributed by atoms with van der Waals surface area (Å²) < 4.78 is 0. The Hall–Kier alpha value is -1.56. The summed E-state index contributed by atoms with van der Waals surface area (Å²) in [6, 6.07) is 0. The van der Waals surface area contributed by atoms with Crippen LogP contribution < -0.4 is 22.3 Å².